The van der Waals surface area contributed by atoms with Gasteiger partial charge in [-0.3, -0.25) is 4.90 Å². The molecule has 0 aliphatic carbocycles. The van der Waals surface area contributed by atoms with Crippen LogP contribution in [0.1, 0.15) is 13.3 Å². The van der Waals surface area contributed by atoms with E-state index in [4.69, 9.17) is 0 Å². The summed E-state index contributed by atoms with van der Waals surface area (Å²) in [5.74, 6) is 0.0491. The first-order chi connectivity index (χ1) is 15.0. The van der Waals surface area contributed by atoms with Crippen LogP contribution in [0, 0.1) is 0 Å². The lowest BCUT2D eigenvalue weighted by atomic mass is 10.2. The van der Waals surface area contributed by atoms with Crippen molar-refractivity contribution in [3.63, 3.8) is 0 Å². The van der Waals surface area contributed by atoms with E-state index in [1.165, 1.54) is 5.69 Å². The fourth-order valence-corrected chi connectivity index (χ4v) is 5.36. The molecule has 1 aromatic heterocycles. The Balaban J connectivity index is 1.20. The van der Waals surface area contributed by atoms with E-state index in [-0.39, 0.29) is 11.8 Å². The molecule has 0 saturated carbocycles. The van der Waals surface area contributed by atoms with Gasteiger partial charge in [-0.05, 0) is 44.2 Å². The van der Waals surface area contributed by atoms with Crippen molar-refractivity contribution in [2.75, 3.05) is 43.4 Å². The van der Waals surface area contributed by atoms with Crippen LogP contribution in [-0.4, -0.2) is 67.4 Å². The molecule has 0 bridgehead atoms. The number of aromatic nitrogens is 2. The molecule has 8 heteroatoms. The van der Waals surface area contributed by atoms with Crippen molar-refractivity contribution < 1.29 is 8.42 Å². The van der Waals surface area contributed by atoms with E-state index in [1.807, 2.05) is 41.8 Å². The number of fused-ring (bicyclic) bond motifs is 1. The largest absolute Gasteiger partial charge is 0.369 e. The average Bonchev–Trinajstić information content (AvgIpc) is 3.20. The van der Waals surface area contributed by atoms with E-state index in [1.54, 1.807) is 6.33 Å². The van der Waals surface area contributed by atoms with E-state index < -0.39 is 10.0 Å². The summed E-state index contributed by atoms with van der Waals surface area (Å²) in [7, 11) is -3.35. The Morgan fingerprint density at radius 2 is 1.68 bits per heavy atom. The normalized spacial score (nSPS) is 16.6. The van der Waals surface area contributed by atoms with Crippen molar-refractivity contribution in [3.8, 4) is 0 Å². The molecule has 1 aliphatic heterocycles. The lowest BCUT2D eigenvalue weighted by molar-refractivity contribution is 0.248. The van der Waals surface area contributed by atoms with Crippen LogP contribution in [0.25, 0.3) is 11.0 Å². The van der Waals surface area contributed by atoms with Gasteiger partial charge < -0.3 is 9.47 Å². The molecule has 1 atom stereocenters. The smallest absolute Gasteiger partial charge is 0.213 e. The molecule has 1 aliphatic rings. The molecule has 1 saturated heterocycles. The minimum atomic E-state index is -3.35. The number of aryl methyl sites for hydroxylation is 1. The van der Waals surface area contributed by atoms with E-state index in [0.29, 0.717) is 6.54 Å². The summed E-state index contributed by atoms with van der Waals surface area (Å²) >= 11 is 0. The average molecular weight is 442 g/mol. The van der Waals surface area contributed by atoms with Gasteiger partial charge in [0.1, 0.15) is 0 Å². The summed E-state index contributed by atoms with van der Waals surface area (Å²) in [5, 5.41) is 0. The number of hydrogen-bond donors (Lipinski definition) is 1. The number of nitrogens with zero attached hydrogens (tertiary/aromatic N) is 4. The van der Waals surface area contributed by atoms with E-state index in [2.05, 4.69) is 43.8 Å². The molecule has 1 fully saturated rings. The van der Waals surface area contributed by atoms with Gasteiger partial charge in [-0.15, -0.1) is 0 Å². The standard InChI is InChI=1S/C23H31N5O2S/c1-20(11-12-26-13-15-27(16-14-26)21-7-3-2-4-8-21)25-31(29,30)18-17-28-19-24-22-9-5-6-10-23(22)28/h2-10,19-20,25H,11-18H2,1H3/t20-/m0/s1. The molecule has 31 heavy (non-hydrogen) atoms. The van der Waals surface area contributed by atoms with Gasteiger partial charge in [0.2, 0.25) is 10.0 Å². The Bertz CT molecular complexity index is 1080. The number of rotatable bonds is 9. The first kappa shape index (κ1) is 21.8. The van der Waals surface area contributed by atoms with E-state index in [9.17, 15) is 8.42 Å². The summed E-state index contributed by atoms with van der Waals surface area (Å²) in [6.07, 6.45) is 2.51. The molecule has 166 valence electrons. The third-order valence-electron chi connectivity index (χ3n) is 5.88. The molecule has 0 spiro atoms. The Morgan fingerprint density at radius 3 is 2.45 bits per heavy atom. The maximum atomic E-state index is 12.6. The van der Waals surface area contributed by atoms with Crippen LogP contribution in [0.4, 0.5) is 5.69 Å². The second-order valence-corrected chi connectivity index (χ2v) is 10.1. The second-order valence-electron chi connectivity index (χ2n) is 8.22. The van der Waals surface area contributed by atoms with Crippen molar-refractivity contribution >= 4 is 26.7 Å². The fourth-order valence-electron chi connectivity index (χ4n) is 4.08. The van der Waals surface area contributed by atoms with Crippen LogP contribution >= 0.6 is 0 Å². The van der Waals surface area contributed by atoms with Gasteiger partial charge in [-0.25, -0.2) is 18.1 Å². The van der Waals surface area contributed by atoms with Crippen LogP contribution in [0.5, 0.6) is 0 Å². The minimum Gasteiger partial charge on any atom is -0.369 e. The highest BCUT2D eigenvalue weighted by atomic mass is 32.2. The van der Waals surface area contributed by atoms with Gasteiger partial charge >= 0.3 is 0 Å². The van der Waals surface area contributed by atoms with Crippen molar-refractivity contribution in [2.45, 2.75) is 25.9 Å². The molecular formula is C23H31N5O2S. The molecule has 4 rings (SSSR count). The van der Waals surface area contributed by atoms with Gasteiger partial charge in [0.25, 0.3) is 0 Å². The summed E-state index contributed by atoms with van der Waals surface area (Å²) in [6, 6.07) is 18.2. The summed E-state index contributed by atoms with van der Waals surface area (Å²) in [4.78, 5) is 9.15. The Kier molecular flexibility index (Phi) is 6.89. The van der Waals surface area contributed by atoms with Gasteiger partial charge in [0.05, 0.1) is 23.1 Å². The van der Waals surface area contributed by atoms with Crippen molar-refractivity contribution in [1.29, 1.82) is 0 Å². The predicted molar refractivity (Wildman–Crippen MR) is 126 cm³/mol. The molecule has 0 unspecified atom stereocenters. The highest BCUT2D eigenvalue weighted by molar-refractivity contribution is 7.89. The molecule has 1 N–H and O–H groups in total. The Labute approximate surface area is 184 Å². The topological polar surface area (TPSA) is 70.5 Å². The number of imidazole rings is 1. The van der Waals surface area contributed by atoms with Crippen LogP contribution in [0.15, 0.2) is 60.9 Å². The number of sulfonamides is 1. The van der Waals surface area contributed by atoms with Gasteiger partial charge in [0, 0.05) is 44.5 Å². The lowest BCUT2D eigenvalue weighted by Crippen LogP contribution is -2.47. The fraction of sp³-hybridized carbons (Fsp3) is 0.435. The monoisotopic (exact) mass is 441 g/mol. The number of benzene rings is 2. The SMILES string of the molecule is C[C@@H](CCN1CCN(c2ccccc2)CC1)NS(=O)(=O)CCn1cnc2ccccc21. The molecule has 7 nitrogen and oxygen atoms in total. The maximum absolute atomic E-state index is 12.6. The molecule has 2 aromatic carbocycles. The molecule has 2 heterocycles. The number of para-hydroxylation sites is 3. The quantitative estimate of drug-likeness (QED) is 0.553. The van der Waals surface area contributed by atoms with Crippen LogP contribution in [0.3, 0.4) is 0 Å². The maximum Gasteiger partial charge on any atom is 0.213 e. The minimum absolute atomic E-state index is 0.0491. The van der Waals surface area contributed by atoms with Crippen molar-refractivity contribution in [3.05, 3.63) is 60.9 Å². The van der Waals surface area contributed by atoms with Crippen LogP contribution in [-0.2, 0) is 16.6 Å². The van der Waals surface area contributed by atoms with Crippen molar-refractivity contribution in [2.24, 2.45) is 0 Å². The van der Waals surface area contributed by atoms with Gasteiger partial charge in [-0.2, -0.15) is 0 Å². The number of nitrogens with one attached hydrogen (secondary N) is 1. The Morgan fingerprint density at radius 1 is 0.968 bits per heavy atom. The van der Waals surface area contributed by atoms with Crippen LogP contribution in [0.2, 0.25) is 0 Å². The molecule has 3 aromatic rings. The van der Waals surface area contributed by atoms with E-state index in [0.717, 1.165) is 50.2 Å². The van der Waals surface area contributed by atoms with E-state index >= 15 is 0 Å². The second kappa shape index (κ2) is 9.80. The molecule has 0 amide bonds. The summed E-state index contributed by atoms with van der Waals surface area (Å²) < 4.78 is 29.9. The zero-order chi connectivity index (χ0) is 21.7. The Hall–Kier alpha value is -2.42. The predicted octanol–water partition coefficient (Wildman–Crippen LogP) is 2.56. The molecule has 0 radical (unpaired) electrons. The van der Waals surface area contributed by atoms with Gasteiger partial charge in [0.15, 0.2) is 0 Å². The number of piperazine rings is 1. The number of hydrogen-bond acceptors (Lipinski definition) is 5. The van der Waals surface area contributed by atoms with Gasteiger partial charge in [-0.1, -0.05) is 30.3 Å². The first-order valence-corrected chi connectivity index (χ1v) is 12.6. The summed E-state index contributed by atoms with van der Waals surface area (Å²) in [6.45, 7) is 7.25. The van der Waals surface area contributed by atoms with Crippen LogP contribution < -0.4 is 9.62 Å². The first-order valence-electron chi connectivity index (χ1n) is 10.9. The zero-order valence-corrected chi connectivity index (χ0v) is 18.8. The molecular weight excluding hydrogens is 410 g/mol. The third kappa shape index (κ3) is 5.84. The lowest BCUT2D eigenvalue weighted by Gasteiger charge is -2.36. The zero-order valence-electron chi connectivity index (χ0n) is 18.0. The number of anilines is 1. The summed E-state index contributed by atoms with van der Waals surface area (Å²) in [5.41, 5.74) is 3.11. The third-order valence-corrected chi connectivity index (χ3v) is 7.36. The van der Waals surface area contributed by atoms with Crippen molar-refractivity contribution in [1.82, 2.24) is 19.2 Å². The highest BCUT2D eigenvalue weighted by Gasteiger charge is 2.19. The highest BCUT2D eigenvalue weighted by Crippen LogP contribution is 2.16.